The van der Waals surface area contributed by atoms with Crippen molar-refractivity contribution in [2.45, 2.75) is 6.92 Å². The number of carbonyl (C=O) groups is 1. The van der Waals surface area contributed by atoms with E-state index in [1.165, 1.54) is 6.92 Å². The van der Waals surface area contributed by atoms with Crippen molar-refractivity contribution in [3.05, 3.63) is 28.2 Å². The van der Waals surface area contributed by atoms with E-state index in [9.17, 15) is 4.79 Å². The number of halogens is 1. The number of hydrogen-bond acceptors (Lipinski definition) is 4. The smallest absolute Gasteiger partial charge is 0.287 e. The Labute approximate surface area is 105 Å². The highest BCUT2D eigenvalue weighted by molar-refractivity contribution is 14.1. The lowest BCUT2D eigenvalue weighted by Crippen LogP contribution is -2.05. The van der Waals surface area contributed by atoms with Gasteiger partial charge in [0.05, 0.1) is 0 Å². The fraction of sp³-hybridized carbons (Fsp3) is 0.100. The van der Waals surface area contributed by atoms with E-state index in [0.717, 1.165) is 11.3 Å². The number of anilines is 1. The molecule has 0 saturated carbocycles. The molecule has 0 bridgehead atoms. The Hall–Kier alpha value is -1.44. The Kier molecular flexibility index (Phi) is 3.18. The van der Waals surface area contributed by atoms with Crippen molar-refractivity contribution in [2.75, 3.05) is 5.32 Å². The van der Waals surface area contributed by atoms with Gasteiger partial charge >= 0.3 is 0 Å². The molecule has 82 valence electrons. The quantitative estimate of drug-likeness (QED) is 0.859. The van der Waals surface area contributed by atoms with Gasteiger partial charge in [-0.05, 0) is 24.3 Å². The first kappa shape index (κ1) is 11.1. The van der Waals surface area contributed by atoms with E-state index in [2.05, 4.69) is 15.5 Å². The summed E-state index contributed by atoms with van der Waals surface area (Å²) in [4.78, 5) is 14.9. The Bertz CT molecular complexity index is 507. The third kappa shape index (κ3) is 2.57. The molecule has 5 nitrogen and oxygen atoms in total. The second-order valence-corrected chi connectivity index (χ2v) is 4.05. The summed E-state index contributed by atoms with van der Waals surface area (Å²) >= 11 is 1.95. The predicted molar refractivity (Wildman–Crippen MR) is 66.8 cm³/mol. The molecule has 1 N–H and O–H groups in total. The highest BCUT2D eigenvalue weighted by Crippen LogP contribution is 2.18. The van der Waals surface area contributed by atoms with Crippen molar-refractivity contribution >= 4 is 34.2 Å². The third-order valence-corrected chi connectivity index (χ3v) is 2.30. The number of hydrogen-bond donors (Lipinski definition) is 1. The van der Waals surface area contributed by atoms with Gasteiger partial charge in [-0.25, -0.2) is 0 Å². The molecule has 1 heterocycles. The van der Waals surface area contributed by atoms with Crippen LogP contribution in [0, 0.1) is 3.90 Å². The van der Waals surface area contributed by atoms with Crippen molar-refractivity contribution in [1.29, 1.82) is 0 Å². The van der Waals surface area contributed by atoms with Gasteiger partial charge in [0.2, 0.25) is 11.7 Å². The summed E-state index contributed by atoms with van der Waals surface area (Å²) in [6, 6.07) is 7.23. The Morgan fingerprint density at radius 2 is 2.06 bits per heavy atom. The number of carbonyl (C=O) groups excluding carboxylic acids is 1. The van der Waals surface area contributed by atoms with Crippen LogP contribution in [0.1, 0.15) is 6.92 Å². The van der Waals surface area contributed by atoms with Gasteiger partial charge in [-0.3, -0.25) is 4.79 Å². The minimum atomic E-state index is -0.0955. The molecule has 0 radical (unpaired) electrons. The lowest BCUT2D eigenvalue weighted by atomic mass is 10.2. The van der Waals surface area contributed by atoms with E-state index >= 15 is 0 Å². The third-order valence-electron chi connectivity index (χ3n) is 1.86. The number of nitrogens with one attached hydrogen (secondary N) is 1. The van der Waals surface area contributed by atoms with E-state index in [1.807, 2.05) is 34.7 Å². The maximum atomic E-state index is 10.8. The van der Waals surface area contributed by atoms with E-state index in [4.69, 9.17) is 4.52 Å². The maximum Gasteiger partial charge on any atom is 0.287 e. The molecule has 1 aromatic carbocycles. The average Bonchev–Trinajstić information content (AvgIpc) is 2.65. The molecule has 0 aliphatic rings. The molecule has 2 aromatic rings. The molecule has 16 heavy (non-hydrogen) atoms. The zero-order valence-corrected chi connectivity index (χ0v) is 10.6. The van der Waals surface area contributed by atoms with Crippen LogP contribution in [0.3, 0.4) is 0 Å². The highest BCUT2D eigenvalue weighted by Gasteiger charge is 2.05. The molecule has 0 saturated heterocycles. The topological polar surface area (TPSA) is 68.0 Å². The van der Waals surface area contributed by atoms with Crippen LogP contribution in [-0.4, -0.2) is 16.0 Å². The largest absolute Gasteiger partial charge is 0.328 e. The van der Waals surface area contributed by atoms with E-state index in [1.54, 1.807) is 12.1 Å². The van der Waals surface area contributed by atoms with E-state index in [-0.39, 0.29) is 5.91 Å². The van der Waals surface area contributed by atoms with Crippen LogP contribution < -0.4 is 5.32 Å². The van der Waals surface area contributed by atoms with Gasteiger partial charge in [0.15, 0.2) is 0 Å². The van der Waals surface area contributed by atoms with Crippen molar-refractivity contribution in [1.82, 2.24) is 10.1 Å². The molecule has 0 aliphatic heterocycles. The fourth-order valence-corrected chi connectivity index (χ4v) is 1.56. The van der Waals surface area contributed by atoms with Gasteiger partial charge in [-0.1, -0.05) is 5.16 Å². The van der Waals surface area contributed by atoms with E-state index < -0.39 is 0 Å². The van der Waals surface area contributed by atoms with Crippen LogP contribution in [0.4, 0.5) is 5.69 Å². The number of amides is 1. The first-order chi connectivity index (χ1) is 7.65. The number of benzene rings is 1. The standard InChI is InChI=1S/C10H8IN3O2/c1-6(15)12-8-4-2-7(3-5-8)9-13-10(11)16-14-9/h2-5H,1H3,(H,12,15). The lowest BCUT2D eigenvalue weighted by molar-refractivity contribution is -0.114. The van der Waals surface area contributed by atoms with Gasteiger partial charge in [0.25, 0.3) is 3.90 Å². The number of nitrogens with zero attached hydrogens (tertiary/aromatic N) is 2. The SMILES string of the molecule is CC(=O)Nc1ccc(-c2noc(I)n2)cc1. The summed E-state index contributed by atoms with van der Waals surface area (Å²) in [5, 5.41) is 6.48. The average molecular weight is 329 g/mol. The zero-order chi connectivity index (χ0) is 11.5. The minimum absolute atomic E-state index is 0.0955. The van der Waals surface area contributed by atoms with Gasteiger partial charge in [-0.15, -0.1) is 0 Å². The Morgan fingerprint density at radius 3 is 2.56 bits per heavy atom. The molecule has 1 amide bonds. The molecule has 0 unspecified atom stereocenters. The second-order valence-electron chi connectivity index (χ2n) is 3.13. The molecule has 0 spiro atoms. The Morgan fingerprint density at radius 1 is 1.38 bits per heavy atom. The first-order valence-electron chi connectivity index (χ1n) is 4.52. The summed E-state index contributed by atoms with van der Waals surface area (Å²) in [6.45, 7) is 1.47. The highest BCUT2D eigenvalue weighted by atomic mass is 127. The lowest BCUT2D eigenvalue weighted by Gasteiger charge is -2.01. The monoisotopic (exact) mass is 329 g/mol. The van der Waals surface area contributed by atoms with Gasteiger partial charge < -0.3 is 9.84 Å². The molecule has 0 atom stereocenters. The zero-order valence-electron chi connectivity index (χ0n) is 8.40. The summed E-state index contributed by atoms with van der Waals surface area (Å²) in [7, 11) is 0. The van der Waals surface area contributed by atoms with Crippen molar-refractivity contribution in [3.63, 3.8) is 0 Å². The molecular weight excluding hydrogens is 321 g/mol. The van der Waals surface area contributed by atoms with Crippen molar-refractivity contribution < 1.29 is 9.32 Å². The van der Waals surface area contributed by atoms with Gasteiger partial charge in [0, 0.05) is 40.8 Å². The molecule has 0 fully saturated rings. The van der Waals surface area contributed by atoms with Crippen LogP contribution in [-0.2, 0) is 4.79 Å². The van der Waals surface area contributed by atoms with E-state index in [0.29, 0.717) is 9.72 Å². The molecule has 1 aromatic heterocycles. The van der Waals surface area contributed by atoms with Crippen LogP contribution in [0.15, 0.2) is 28.8 Å². The maximum absolute atomic E-state index is 10.8. The molecule has 2 rings (SSSR count). The second kappa shape index (κ2) is 4.60. The summed E-state index contributed by atoms with van der Waals surface area (Å²) < 4.78 is 5.37. The molecule has 6 heteroatoms. The molecule has 0 aliphatic carbocycles. The molecular formula is C10H8IN3O2. The minimum Gasteiger partial charge on any atom is -0.328 e. The number of rotatable bonds is 2. The number of aromatic nitrogens is 2. The van der Waals surface area contributed by atoms with Crippen LogP contribution in [0.2, 0.25) is 0 Å². The first-order valence-corrected chi connectivity index (χ1v) is 5.60. The predicted octanol–water partition coefficient (Wildman–Crippen LogP) is 2.30. The van der Waals surface area contributed by atoms with Crippen LogP contribution in [0.5, 0.6) is 0 Å². The van der Waals surface area contributed by atoms with Crippen LogP contribution in [0.25, 0.3) is 11.4 Å². The van der Waals surface area contributed by atoms with Crippen molar-refractivity contribution in [2.24, 2.45) is 0 Å². The van der Waals surface area contributed by atoms with Crippen molar-refractivity contribution in [3.8, 4) is 11.4 Å². The fourth-order valence-electron chi connectivity index (χ4n) is 1.23. The van der Waals surface area contributed by atoms with Gasteiger partial charge in [-0.2, -0.15) is 4.98 Å². The normalized spacial score (nSPS) is 10.1. The van der Waals surface area contributed by atoms with Gasteiger partial charge in [0.1, 0.15) is 0 Å². The summed E-state index contributed by atoms with van der Waals surface area (Å²) in [5.41, 5.74) is 1.59. The summed E-state index contributed by atoms with van der Waals surface area (Å²) in [5.74, 6) is 0.445. The van der Waals surface area contributed by atoms with Crippen LogP contribution >= 0.6 is 22.6 Å². The summed E-state index contributed by atoms with van der Waals surface area (Å²) in [6.07, 6.45) is 0. The Balaban J connectivity index is 2.22.